The number of aliphatic hydroxyl groups excluding tert-OH is 1. The summed E-state index contributed by atoms with van der Waals surface area (Å²) in [5.41, 5.74) is 1.40. The summed E-state index contributed by atoms with van der Waals surface area (Å²) in [7, 11) is 0. The molecule has 0 aromatic carbocycles. The lowest BCUT2D eigenvalue weighted by Gasteiger charge is -2.11. The van der Waals surface area contributed by atoms with E-state index in [0.29, 0.717) is 12.3 Å². The Morgan fingerprint density at radius 2 is 2.40 bits per heavy atom. The summed E-state index contributed by atoms with van der Waals surface area (Å²) < 4.78 is 4.75. The monoisotopic (exact) mass is 209 g/mol. The van der Waals surface area contributed by atoms with Crippen molar-refractivity contribution in [2.75, 3.05) is 6.61 Å². The van der Waals surface area contributed by atoms with Gasteiger partial charge < -0.3 is 9.84 Å². The van der Waals surface area contributed by atoms with Crippen LogP contribution in [0.15, 0.2) is 18.3 Å². The lowest BCUT2D eigenvalue weighted by molar-refractivity contribution is -0.145. The average Bonchev–Trinajstić information content (AvgIpc) is 2.18. The third-order valence-electron chi connectivity index (χ3n) is 2.03. The second-order valence-corrected chi connectivity index (χ2v) is 3.23. The Kier molecular flexibility index (Phi) is 4.24. The standard InChI is InChI=1S/C11H15NO3/c1-3-15-10(14)7-9(13)11-8(2)5-4-6-12-11/h4-6,9,13H,3,7H2,1-2H3. The summed E-state index contributed by atoms with van der Waals surface area (Å²) in [4.78, 5) is 15.2. The number of aromatic nitrogens is 1. The van der Waals surface area contributed by atoms with Gasteiger partial charge in [-0.05, 0) is 25.5 Å². The lowest BCUT2D eigenvalue weighted by atomic mass is 10.1. The van der Waals surface area contributed by atoms with Gasteiger partial charge in [0, 0.05) is 6.20 Å². The first-order valence-electron chi connectivity index (χ1n) is 4.90. The number of nitrogens with zero attached hydrogens (tertiary/aromatic N) is 1. The molecule has 0 aliphatic heterocycles. The van der Waals surface area contributed by atoms with Gasteiger partial charge in [0.25, 0.3) is 0 Å². The normalized spacial score (nSPS) is 12.2. The lowest BCUT2D eigenvalue weighted by Crippen LogP contribution is -2.12. The quantitative estimate of drug-likeness (QED) is 0.761. The first-order valence-corrected chi connectivity index (χ1v) is 4.90. The average molecular weight is 209 g/mol. The van der Waals surface area contributed by atoms with Crippen LogP contribution in [0.4, 0.5) is 0 Å². The van der Waals surface area contributed by atoms with Gasteiger partial charge in [-0.15, -0.1) is 0 Å². The molecule has 1 unspecified atom stereocenters. The van der Waals surface area contributed by atoms with Crippen LogP contribution in [0.1, 0.15) is 30.7 Å². The topological polar surface area (TPSA) is 59.4 Å². The van der Waals surface area contributed by atoms with Crippen molar-refractivity contribution < 1.29 is 14.6 Å². The highest BCUT2D eigenvalue weighted by atomic mass is 16.5. The summed E-state index contributed by atoms with van der Waals surface area (Å²) in [5.74, 6) is -0.407. The van der Waals surface area contributed by atoms with Gasteiger partial charge in [0.1, 0.15) is 6.10 Å². The van der Waals surface area contributed by atoms with E-state index >= 15 is 0 Å². The molecule has 0 radical (unpaired) electrons. The van der Waals surface area contributed by atoms with Crippen molar-refractivity contribution in [3.63, 3.8) is 0 Å². The molecular weight excluding hydrogens is 194 g/mol. The summed E-state index contributed by atoms with van der Waals surface area (Å²) in [6.45, 7) is 3.90. The Bertz CT molecular complexity index is 338. The molecule has 4 heteroatoms. The number of pyridine rings is 1. The molecule has 15 heavy (non-hydrogen) atoms. The van der Waals surface area contributed by atoms with E-state index in [0.717, 1.165) is 5.56 Å². The number of aliphatic hydroxyl groups is 1. The SMILES string of the molecule is CCOC(=O)CC(O)c1ncccc1C. The largest absolute Gasteiger partial charge is 0.466 e. The number of rotatable bonds is 4. The van der Waals surface area contributed by atoms with Crippen LogP contribution >= 0.6 is 0 Å². The van der Waals surface area contributed by atoms with Gasteiger partial charge in [0.05, 0.1) is 18.7 Å². The molecule has 0 aliphatic carbocycles. The van der Waals surface area contributed by atoms with E-state index in [1.165, 1.54) is 0 Å². The first kappa shape index (κ1) is 11.7. The predicted octanol–water partition coefficient (Wildman–Crippen LogP) is 1.38. The van der Waals surface area contributed by atoms with Crippen LogP contribution in [0.25, 0.3) is 0 Å². The highest BCUT2D eigenvalue weighted by Gasteiger charge is 2.16. The first-order chi connectivity index (χ1) is 7.15. The molecule has 0 spiro atoms. The molecule has 1 aromatic rings. The molecule has 0 saturated heterocycles. The zero-order valence-corrected chi connectivity index (χ0v) is 8.93. The molecule has 1 N–H and O–H groups in total. The van der Waals surface area contributed by atoms with Gasteiger partial charge >= 0.3 is 5.97 Å². The smallest absolute Gasteiger partial charge is 0.308 e. The zero-order valence-electron chi connectivity index (χ0n) is 8.93. The maximum Gasteiger partial charge on any atom is 0.308 e. The summed E-state index contributed by atoms with van der Waals surface area (Å²) in [5, 5.41) is 9.74. The number of carbonyl (C=O) groups is 1. The molecule has 0 bridgehead atoms. The Morgan fingerprint density at radius 1 is 1.67 bits per heavy atom. The van der Waals surface area contributed by atoms with Crippen LogP contribution in [0.2, 0.25) is 0 Å². The molecule has 1 rings (SSSR count). The molecule has 1 aromatic heterocycles. The molecule has 82 valence electrons. The van der Waals surface area contributed by atoms with Crippen LogP contribution in [0, 0.1) is 6.92 Å². The maximum absolute atomic E-state index is 11.1. The highest BCUT2D eigenvalue weighted by Crippen LogP contribution is 2.17. The molecule has 0 aliphatic rings. The Balaban J connectivity index is 2.65. The van der Waals surface area contributed by atoms with Gasteiger partial charge in [-0.3, -0.25) is 9.78 Å². The van der Waals surface area contributed by atoms with Crippen LogP contribution in [-0.4, -0.2) is 22.7 Å². The second kappa shape index (κ2) is 5.46. The van der Waals surface area contributed by atoms with Crippen molar-refractivity contribution in [1.29, 1.82) is 0 Å². The van der Waals surface area contributed by atoms with Crippen LogP contribution < -0.4 is 0 Å². The second-order valence-electron chi connectivity index (χ2n) is 3.23. The van der Waals surface area contributed by atoms with Gasteiger partial charge in [0.15, 0.2) is 0 Å². The van der Waals surface area contributed by atoms with Gasteiger partial charge in [0.2, 0.25) is 0 Å². The Labute approximate surface area is 88.9 Å². The fourth-order valence-corrected chi connectivity index (χ4v) is 1.32. The third kappa shape index (κ3) is 3.32. The number of ether oxygens (including phenoxy) is 1. The minimum absolute atomic E-state index is 0.0499. The Hall–Kier alpha value is -1.42. The minimum atomic E-state index is -0.884. The van der Waals surface area contributed by atoms with E-state index in [4.69, 9.17) is 4.74 Å². The van der Waals surface area contributed by atoms with Crippen molar-refractivity contribution in [2.45, 2.75) is 26.4 Å². The zero-order chi connectivity index (χ0) is 11.3. The minimum Gasteiger partial charge on any atom is -0.466 e. The summed E-state index contributed by atoms with van der Waals surface area (Å²) >= 11 is 0. The highest BCUT2D eigenvalue weighted by molar-refractivity contribution is 5.70. The fourth-order valence-electron chi connectivity index (χ4n) is 1.32. The molecule has 0 amide bonds. The fraction of sp³-hybridized carbons (Fsp3) is 0.455. The molecule has 1 atom stereocenters. The Morgan fingerprint density at radius 3 is 3.00 bits per heavy atom. The maximum atomic E-state index is 11.1. The van der Waals surface area contributed by atoms with Crippen LogP contribution in [0.3, 0.4) is 0 Å². The molecular formula is C11H15NO3. The number of carbonyl (C=O) groups excluding carboxylic acids is 1. The molecule has 0 fully saturated rings. The number of hydrogen-bond acceptors (Lipinski definition) is 4. The van der Waals surface area contributed by atoms with Crippen LogP contribution in [-0.2, 0) is 9.53 Å². The number of aryl methyl sites for hydroxylation is 1. The van der Waals surface area contributed by atoms with Gasteiger partial charge in [-0.2, -0.15) is 0 Å². The van der Waals surface area contributed by atoms with Crippen molar-refractivity contribution in [3.05, 3.63) is 29.6 Å². The van der Waals surface area contributed by atoms with Crippen LogP contribution in [0.5, 0.6) is 0 Å². The van der Waals surface area contributed by atoms with E-state index in [1.807, 2.05) is 13.0 Å². The third-order valence-corrected chi connectivity index (χ3v) is 2.03. The number of esters is 1. The molecule has 4 nitrogen and oxygen atoms in total. The van der Waals surface area contributed by atoms with E-state index in [-0.39, 0.29) is 6.42 Å². The van der Waals surface area contributed by atoms with Crippen molar-refractivity contribution in [3.8, 4) is 0 Å². The van der Waals surface area contributed by atoms with E-state index in [2.05, 4.69) is 4.98 Å². The number of hydrogen-bond donors (Lipinski definition) is 1. The van der Waals surface area contributed by atoms with E-state index in [9.17, 15) is 9.90 Å². The predicted molar refractivity (Wildman–Crippen MR) is 55.2 cm³/mol. The van der Waals surface area contributed by atoms with Crippen molar-refractivity contribution >= 4 is 5.97 Å². The molecule has 0 saturated carbocycles. The summed E-state index contributed by atoms with van der Waals surface area (Å²) in [6.07, 6.45) is 0.660. The van der Waals surface area contributed by atoms with Crippen molar-refractivity contribution in [2.24, 2.45) is 0 Å². The van der Waals surface area contributed by atoms with Gasteiger partial charge in [-0.1, -0.05) is 6.07 Å². The van der Waals surface area contributed by atoms with Gasteiger partial charge in [-0.25, -0.2) is 0 Å². The van der Waals surface area contributed by atoms with E-state index in [1.54, 1.807) is 19.2 Å². The summed E-state index contributed by atoms with van der Waals surface area (Å²) in [6, 6.07) is 3.63. The van der Waals surface area contributed by atoms with E-state index < -0.39 is 12.1 Å². The molecule has 1 heterocycles. The van der Waals surface area contributed by atoms with Crippen molar-refractivity contribution in [1.82, 2.24) is 4.98 Å².